The van der Waals surface area contributed by atoms with Crippen LogP contribution in [0.2, 0.25) is 0 Å². The van der Waals surface area contributed by atoms with Crippen LogP contribution in [0.15, 0.2) is 41.0 Å². The van der Waals surface area contributed by atoms with Gasteiger partial charge < -0.3 is 15.5 Å². The Bertz CT molecular complexity index is 718. The second-order valence-corrected chi connectivity index (χ2v) is 8.27. The monoisotopic (exact) mass is 543 g/mol. The van der Waals surface area contributed by atoms with Gasteiger partial charge in [0.1, 0.15) is 0 Å². The van der Waals surface area contributed by atoms with E-state index in [0.717, 1.165) is 70.7 Å². The summed E-state index contributed by atoms with van der Waals surface area (Å²) in [7, 11) is 0. The zero-order chi connectivity index (χ0) is 20.3. The van der Waals surface area contributed by atoms with E-state index >= 15 is 0 Å². The number of rotatable bonds is 9. The van der Waals surface area contributed by atoms with E-state index in [4.69, 9.17) is 4.99 Å². The molecule has 0 amide bonds. The normalized spacial score (nSPS) is 16.1. The molecular formula is C21H34IN7S. The van der Waals surface area contributed by atoms with E-state index in [1.165, 1.54) is 4.88 Å². The van der Waals surface area contributed by atoms with Crippen molar-refractivity contribution in [3.05, 3.63) is 40.8 Å². The molecule has 1 fully saturated rings. The lowest BCUT2D eigenvalue weighted by Gasteiger charge is -2.34. The predicted molar refractivity (Wildman–Crippen MR) is 137 cm³/mol. The van der Waals surface area contributed by atoms with Crippen LogP contribution in [-0.2, 0) is 0 Å². The fourth-order valence-corrected chi connectivity index (χ4v) is 4.15. The quantitative estimate of drug-likeness (QED) is 0.220. The molecule has 2 N–H and O–H groups in total. The van der Waals surface area contributed by atoms with E-state index in [0.29, 0.717) is 5.92 Å². The standard InChI is InChI=1S/C21H33N7S.HI/c1-3-22-20(26-17-18(2)19-7-4-16-29-19)23-10-6-11-27-12-14-28(15-13-27)21-24-8-5-9-25-21;/h4-5,7-9,16,18H,3,6,10-15,17H2,1-2H3,(H2,22,23,26);1H. The maximum atomic E-state index is 4.76. The Labute approximate surface area is 201 Å². The predicted octanol–water partition coefficient (Wildman–Crippen LogP) is 3.03. The van der Waals surface area contributed by atoms with Crippen LogP contribution in [0.1, 0.15) is 31.1 Å². The van der Waals surface area contributed by atoms with E-state index in [-0.39, 0.29) is 24.0 Å². The molecule has 1 atom stereocenters. The number of halogens is 1. The van der Waals surface area contributed by atoms with E-state index in [2.05, 4.69) is 61.8 Å². The third kappa shape index (κ3) is 7.99. The summed E-state index contributed by atoms with van der Waals surface area (Å²) >= 11 is 1.81. The molecule has 0 aromatic carbocycles. The van der Waals surface area contributed by atoms with E-state index in [1.54, 1.807) is 11.3 Å². The third-order valence-electron chi connectivity index (χ3n) is 5.05. The van der Waals surface area contributed by atoms with Crippen LogP contribution in [0, 0.1) is 0 Å². The van der Waals surface area contributed by atoms with Gasteiger partial charge in [0.05, 0.1) is 6.54 Å². The van der Waals surface area contributed by atoms with Gasteiger partial charge in [-0.05, 0) is 37.4 Å². The summed E-state index contributed by atoms with van der Waals surface area (Å²) in [5, 5.41) is 8.97. The first-order valence-electron chi connectivity index (χ1n) is 10.6. The lowest BCUT2D eigenvalue weighted by molar-refractivity contribution is 0.254. The van der Waals surface area contributed by atoms with Crippen molar-refractivity contribution in [2.45, 2.75) is 26.2 Å². The number of piperazine rings is 1. The molecule has 3 rings (SSSR count). The molecule has 3 heterocycles. The van der Waals surface area contributed by atoms with E-state index < -0.39 is 0 Å². The Morgan fingerprint density at radius 1 is 1.17 bits per heavy atom. The first-order valence-corrected chi connectivity index (χ1v) is 11.4. The smallest absolute Gasteiger partial charge is 0.225 e. The van der Waals surface area contributed by atoms with Crippen molar-refractivity contribution in [2.24, 2.45) is 4.99 Å². The van der Waals surface area contributed by atoms with Crippen molar-refractivity contribution in [3.8, 4) is 0 Å². The summed E-state index contributed by atoms with van der Waals surface area (Å²) in [6.45, 7) is 12.2. The number of thiophene rings is 1. The third-order valence-corrected chi connectivity index (χ3v) is 6.15. The first kappa shape index (κ1) is 24.8. The highest BCUT2D eigenvalue weighted by molar-refractivity contribution is 14.0. The van der Waals surface area contributed by atoms with Gasteiger partial charge in [-0.3, -0.25) is 9.89 Å². The Morgan fingerprint density at radius 2 is 1.93 bits per heavy atom. The Kier molecular flexibility index (Phi) is 11.4. The minimum absolute atomic E-state index is 0. The van der Waals surface area contributed by atoms with Gasteiger partial charge in [0.25, 0.3) is 0 Å². The van der Waals surface area contributed by atoms with Crippen LogP contribution in [0.4, 0.5) is 5.95 Å². The number of nitrogens with one attached hydrogen (secondary N) is 2. The fourth-order valence-electron chi connectivity index (χ4n) is 3.37. The minimum Gasteiger partial charge on any atom is -0.357 e. The molecule has 30 heavy (non-hydrogen) atoms. The first-order chi connectivity index (χ1) is 14.3. The molecular weight excluding hydrogens is 509 g/mol. The highest BCUT2D eigenvalue weighted by atomic mass is 127. The Hall–Kier alpha value is -1.46. The van der Waals surface area contributed by atoms with Crippen molar-refractivity contribution < 1.29 is 0 Å². The van der Waals surface area contributed by atoms with Gasteiger partial charge in [-0.15, -0.1) is 35.3 Å². The SMILES string of the molecule is CCNC(=NCC(C)c1cccs1)NCCCN1CCN(c2ncccn2)CC1.I. The maximum Gasteiger partial charge on any atom is 0.225 e. The van der Waals surface area contributed by atoms with Crippen LogP contribution < -0.4 is 15.5 Å². The van der Waals surface area contributed by atoms with Crippen molar-refractivity contribution in [1.82, 2.24) is 25.5 Å². The van der Waals surface area contributed by atoms with Gasteiger partial charge in [0.2, 0.25) is 5.95 Å². The van der Waals surface area contributed by atoms with Gasteiger partial charge in [-0.25, -0.2) is 9.97 Å². The second-order valence-electron chi connectivity index (χ2n) is 7.29. The Balaban J connectivity index is 0.00000320. The summed E-state index contributed by atoms with van der Waals surface area (Å²) in [5.41, 5.74) is 0. The van der Waals surface area contributed by atoms with Crippen molar-refractivity contribution >= 4 is 47.2 Å². The van der Waals surface area contributed by atoms with Gasteiger partial charge in [-0.2, -0.15) is 0 Å². The molecule has 166 valence electrons. The van der Waals surface area contributed by atoms with Crippen LogP contribution in [0.3, 0.4) is 0 Å². The molecule has 7 nitrogen and oxygen atoms in total. The molecule has 1 aliphatic rings. The van der Waals surface area contributed by atoms with Gasteiger partial charge in [0, 0.05) is 62.5 Å². The number of aliphatic imine (C=N–C) groups is 1. The van der Waals surface area contributed by atoms with E-state index in [9.17, 15) is 0 Å². The molecule has 0 bridgehead atoms. The number of guanidine groups is 1. The summed E-state index contributed by atoms with van der Waals surface area (Å²) < 4.78 is 0. The molecule has 9 heteroatoms. The number of nitrogens with zero attached hydrogens (tertiary/aromatic N) is 5. The molecule has 0 spiro atoms. The van der Waals surface area contributed by atoms with Gasteiger partial charge in [0.15, 0.2) is 5.96 Å². The lowest BCUT2D eigenvalue weighted by atomic mass is 10.1. The van der Waals surface area contributed by atoms with Gasteiger partial charge >= 0.3 is 0 Å². The van der Waals surface area contributed by atoms with Crippen LogP contribution in [-0.4, -0.2) is 73.2 Å². The molecule has 0 saturated carbocycles. The zero-order valence-corrected chi connectivity index (χ0v) is 21.1. The summed E-state index contributed by atoms with van der Waals surface area (Å²) in [4.78, 5) is 19.6. The molecule has 1 saturated heterocycles. The summed E-state index contributed by atoms with van der Waals surface area (Å²) in [5.74, 6) is 2.22. The van der Waals surface area contributed by atoms with Crippen LogP contribution in [0.5, 0.6) is 0 Å². The largest absolute Gasteiger partial charge is 0.357 e. The number of aromatic nitrogens is 2. The molecule has 2 aromatic rings. The van der Waals surface area contributed by atoms with Crippen molar-refractivity contribution in [2.75, 3.05) is 57.3 Å². The van der Waals surface area contributed by atoms with Crippen LogP contribution >= 0.6 is 35.3 Å². The summed E-state index contributed by atoms with van der Waals surface area (Å²) in [6.07, 6.45) is 4.72. The highest BCUT2D eigenvalue weighted by Crippen LogP contribution is 2.20. The lowest BCUT2D eigenvalue weighted by Crippen LogP contribution is -2.47. The molecule has 2 aromatic heterocycles. The van der Waals surface area contributed by atoms with E-state index in [1.807, 2.05) is 18.5 Å². The summed E-state index contributed by atoms with van der Waals surface area (Å²) in [6, 6.07) is 6.16. The fraction of sp³-hybridized carbons (Fsp3) is 0.571. The Morgan fingerprint density at radius 3 is 2.60 bits per heavy atom. The molecule has 0 aliphatic carbocycles. The molecule has 0 radical (unpaired) electrons. The number of hydrogen-bond acceptors (Lipinski definition) is 6. The average molecular weight is 544 g/mol. The zero-order valence-electron chi connectivity index (χ0n) is 18.0. The molecule has 1 aliphatic heterocycles. The average Bonchev–Trinajstić information content (AvgIpc) is 3.31. The maximum absolute atomic E-state index is 4.76. The highest BCUT2D eigenvalue weighted by Gasteiger charge is 2.18. The van der Waals surface area contributed by atoms with Crippen LogP contribution in [0.25, 0.3) is 0 Å². The topological polar surface area (TPSA) is 68.7 Å². The number of anilines is 1. The van der Waals surface area contributed by atoms with Crippen molar-refractivity contribution in [1.29, 1.82) is 0 Å². The molecule has 1 unspecified atom stereocenters. The van der Waals surface area contributed by atoms with Gasteiger partial charge in [-0.1, -0.05) is 13.0 Å². The number of hydrogen-bond donors (Lipinski definition) is 2. The minimum atomic E-state index is 0. The van der Waals surface area contributed by atoms with Crippen molar-refractivity contribution in [3.63, 3.8) is 0 Å². The second kappa shape index (κ2) is 13.8.